The number of carbonyl (C=O) groups is 2. The summed E-state index contributed by atoms with van der Waals surface area (Å²) in [5, 5.41) is 10.2. The molecule has 140 valence electrons. The molecule has 3 aromatic rings. The first-order valence-corrected chi connectivity index (χ1v) is 8.68. The van der Waals surface area contributed by atoms with Gasteiger partial charge in [0.2, 0.25) is 5.91 Å². The van der Waals surface area contributed by atoms with Crippen LogP contribution in [-0.4, -0.2) is 21.6 Å². The molecule has 0 aliphatic carbocycles. The van der Waals surface area contributed by atoms with Crippen molar-refractivity contribution in [1.29, 1.82) is 0 Å². The van der Waals surface area contributed by atoms with E-state index in [1.54, 1.807) is 12.1 Å². The van der Waals surface area contributed by atoms with Gasteiger partial charge in [-0.25, -0.2) is 4.79 Å². The van der Waals surface area contributed by atoms with Crippen molar-refractivity contribution in [3.8, 4) is 0 Å². The molecule has 1 amide bonds. The summed E-state index contributed by atoms with van der Waals surface area (Å²) in [5.41, 5.74) is 14.2. The molecule has 1 atom stereocenters. The zero-order valence-electron chi connectivity index (χ0n) is 15.4. The molecule has 0 aliphatic heterocycles. The Morgan fingerprint density at radius 3 is 2.41 bits per heavy atom. The van der Waals surface area contributed by atoms with Crippen LogP contribution in [0.5, 0.6) is 0 Å². The number of hydrogen-bond acceptors (Lipinski definition) is 3. The number of carboxylic acid groups (broad SMARTS) is 1. The normalized spacial score (nSPS) is 13.4. The molecule has 1 unspecified atom stereocenters. The fourth-order valence-electron chi connectivity index (χ4n) is 3.37. The lowest BCUT2D eigenvalue weighted by Crippen LogP contribution is -2.41. The first-order valence-electron chi connectivity index (χ1n) is 8.68. The van der Waals surface area contributed by atoms with Crippen molar-refractivity contribution >= 4 is 22.8 Å². The second kappa shape index (κ2) is 6.89. The third-order valence-electron chi connectivity index (χ3n) is 5.03. The number of primary amides is 1. The van der Waals surface area contributed by atoms with Crippen LogP contribution in [0.25, 0.3) is 10.9 Å². The number of carbonyl (C=O) groups excluding carboxylic acids is 1. The molecule has 0 saturated heterocycles. The molecule has 0 radical (unpaired) electrons. The molecule has 3 rings (SSSR count). The number of benzene rings is 2. The van der Waals surface area contributed by atoms with Gasteiger partial charge in [0.1, 0.15) is 5.54 Å². The zero-order valence-corrected chi connectivity index (χ0v) is 15.4. The lowest BCUT2D eigenvalue weighted by Gasteiger charge is -2.20. The maximum absolute atomic E-state index is 11.6. The Bertz CT molecular complexity index is 1020. The third kappa shape index (κ3) is 3.44. The minimum Gasteiger partial charge on any atom is -0.480 e. The monoisotopic (exact) mass is 365 g/mol. The highest BCUT2D eigenvalue weighted by atomic mass is 16.4. The standard InChI is InChI=1S/C21H23N3O3/c1-13-16(11-19(22)25)17-10-15(21(2,23)20(26)27)8-9-18(17)24(13)12-14-6-4-3-5-7-14/h3-10H,11-12,23H2,1-2H3,(H2,22,25)(H,26,27). The largest absolute Gasteiger partial charge is 0.480 e. The van der Waals surface area contributed by atoms with Crippen molar-refractivity contribution in [2.75, 3.05) is 0 Å². The summed E-state index contributed by atoms with van der Waals surface area (Å²) < 4.78 is 2.11. The van der Waals surface area contributed by atoms with Crippen LogP contribution in [0.2, 0.25) is 0 Å². The number of fused-ring (bicyclic) bond motifs is 1. The first-order chi connectivity index (χ1) is 12.7. The molecule has 0 saturated carbocycles. The summed E-state index contributed by atoms with van der Waals surface area (Å²) in [7, 11) is 0. The lowest BCUT2D eigenvalue weighted by atomic mass is 9.91. The van der Waals surface area contributed by atoms with Gasteiger partial charge in [-0.15, -0.1) is 0 Å². The number of rotatable bonds is 6. The van der Waals surface area contributed by atoms with E-state index in [1.807, 2.05) is 43.3 Å². The second-order valence-electron chi connectivity index (χ2n) is 7.02. The fourth-order valence-corrected chi connectivity index (χ4v) is 3.37. The van der Waals surface area contributed by atoms with Crippen LogP contribution in [0.4, 0.5) is 0 Å². The van der Waals surface area contributed by atoms with Gasteiger partial charge in [-0.3, -0.25) is 4.79 Å². The summed E-state index contributed by atoms with van der Waals surface area (Å²) in [6.45, 7) is 4.04. The molecule has 0 aliphatic rings. The lowest BCUT2D eigenvalue weighted by molar-refractivity contribution is -0.143. The van der Waals surface area contributed by atoms with E-state index in [2.05, 4.69) is 4.57 Å². The number of nitrogens with zero attached hydrogens (tertiary/aromatic N) is 1. The van der Waals surface area contributed by atoms with Crippen LogP contribution in [0.1, 0.15) is 29.3 Å². The number of aliphatic carboxylic acids is 1. The molecule has 0 spiro atoms. The van der Waals surface area contributed by atoms with E-state index >= 15 is 0 Å². The van der Waals surface area contributed by atoms with Crippen LogP contribution in [0.15, 0.2) is 48.5 Å². The van der Waals surface area contributed by atoms with Crippen molar-refractivity contribution < 1.29 is 14.7 Å². The molecule has 27 heavy (non-hydrogen) atoms. The van der Waals surface area contributed by atoms with Crippen LogP contribution >= 0.6 is 0 Å². The molecule has 0 bridgehead atoms. The first kappa shape index (κ1) is 18.7. The van der Waals surface area contributed by atoms with Crippen LogP contribution in [-0.2, 0) is 28.1 Å². The van der Waals surface area contributed by atoms with Crippen molar-refractivity contribution in [1.82, 2.24) is 4.57 Å². The van der Waals surface area contributed by atoms with E-state index in [-0.39, 0.29) is 6.42 Å². The minimum absolute atomic E-state index is 0.0853. The van der Waals surface area contributed by atoms with Gasteiger partial charge in [-0.1, -0.05) is 36.4 Å². The highest BCUT2D eigenvalue weighted by Crippen LogP contribution is 2.31. The van der Waals surface area contributed by atoms with Crippen molar-refractivity contribution in [3.63, 3.8) is 0 Å². The number of hydrogen-bond donors (Lipinski definition) is 3. The molecule has 2 aromatic carbocycles. The SMILES string of the molecule is Cc1c(CC(N)=O)c2cc(C(C)(N)C(=O)O)ccc2n1Cc1ccccc1. The Labute approximate surface area is 157 Å². The Kier molecular flexibility index (Phi) is 4.76. The van der Waals surface area contributed by atoms with Gasteiger partial charge in [0.15, 0.2) is 0 Å². The third-order valence-corrected chi connectivity index (χ3v) is 5.03. The molecule has 6 nitrogen and oxygen atoms in total. The maximum Gasteiger partial charge on any atom is 0.328 e. The van der Waals surface area contributed by atoms with Crippen molar-refractivity contribution in [2.45, 2.75) is 32.4 Å². The molecular formula is C21H23N3O3. The molecule has 6 heteroatoms. The van der Waals surface area contributed by atoms with Gasteiger partial charge in [-0.2, -0.15) is 0 Å². The zero-order chi connectivity index (χ0) is 19.8. The quantitative estimate of drug-likeness (QED) is 0.622. The van der Waals surface area contributed by atoms with Crippen LogP contribution in [0, 0.1) is 6.92 Å². The summed E-state index contributed by atoms with van der Waals surface area (Å²) in [4.78, 5) is 23.1. The Morgan fingerprint density at radius 1 is 1.15 bits per heavy atom. The highest BCUT2D eigenvalue weighted by molar-refractivity contribution is 5.92. The van der Waals surface area contributed by atoms with Crippen LogP contribution in [0.3, 0.4) is 0 Å². The van der Waals surface area contributed by atoms with Gasteiger partial charge in [-0.05, 0) is 42.7 Å². The average molecular weight is 365 g/mol. The van der Waals surface area contributed by atoms with E-state index < -0.39 is 17.4 Å². The van der Waals surface area contributed by atoms with Gasteiger partial charge < -0.3 is 21.1 Å². The fraction of sp³-hybridized carbons (Fsp3) is 0.238. The molecule has 1 heterocycles. The van der Waals surface area contributed by atoms with E-state index in [0.29, 0.717) is 12.1 Å². The highest BCUT2D eigenvalue weighted by Gasteiger charge is 2.31. The molecule has 0 fully saturated rings. The summed E-state index contributed by atoms with van der Waals surface area (Å²) >= 11 is 0. The van der Waals surface area contributed by atoms with Crippen molar-refractivity contribution in [3.05, 3.63) is 70.9 Å². The number of amides is 1. The second-order valence-corrected chi connectivity index (χ2v) is 7.02. The summed E-state index contributed by atoms with van der Waals surface area (Å²) in [6, 6.07) is 15.3. The van der Waals surface area contributed by atoms with E-state index in [0.717, 1.165) is 27.7 Å². The Hall–Kier alpha value is -3.12. The number of aromatic nitrogens is 1. The molecule has 1 aromatic heterocycles. The molecule has 5 N–H and O–H groups in total. The predicted octanol–water partition coefficient (Wildman–Crippen LogP) is 2.28. The smallest absolute Gasteiger partial charge is 0.328 e. The van der Waals surface area contributed by atoms with Crippen molar-refractivity contribution in [2.24, 2.45) is 11.5 Å². The average Bonchev–Trinajstić information content (AvgIpc) is 2.87. The van der Waals surface area contributed by atoms with Gasteiger partial charge in [0, 0.05) is 23.1 Å². The van der Waals surface area contributed by atoms with Gasteiger partial charge in [0.25, 0.3) is 0 Å². The Balaban J connectivity index is 2.21. The van der Waals surface area contributed by atoms with Crippen LogP contribution < -0.4 is 11.5 Å². The van der Waals surface area contributed by atoms with Gasteiger partial charge in [0.05, 0.1) is 6.42 Å². The van der Waals surface area contributed by atoms with E-state index in [4.69, 9.17) is 11.5 Å². The predicted molar refractivity (Wildman–Crippen MR) is 104 cm³/mol. The maximum atomic E-state index is 11.6. The Morgan fingerprint density at radius 2 is 1.81 bits per heavy atom. The van der Waals surface area contributed by atoms with E-state index in [1.165, 1.54) is 6.92 Å². The number of nitrogens with two attached hydrogens (primary N) is 2. The minimum atomic E-state index is -1.52. The summed E-state index contributed by atoms with van der Waals surface area (Å²) in [5.74, 6) is -1.55. The number of carboxylic acids is 1. The summed E-state index contributed by atoms with van der Waals surface area (Å²) in [6.07, 6.45) is 0.0853. The topological polar surface area (TPSA) is 111 Å². The molecular weight excluding hydrogens is 342 g/mol. The van der Waals surface area contributed by atoms with Gasteiger partial charge >= 0.3 is 5.97 Å². The van der Waals surface area contributed by atoms with E-state index in [9.17, 15) is 14.7 Å².